The van der Waals surface area contributed by atoms with Crippen molar-refractivity contribution in [3.05, 3.63) is 23.3 Å². The molecule has 0 aromatic heterocycles. The van der Waals surface area contributed by atoms with Gasteiger partial charge in [0.25, 0.3) is 0 Å². The van der Waals surface area contributed by atoms with Crippen molar-refractivity contribution in [3.8, 4) is 11.5 Å². The molecule has 0 unspecified atom stereocenters. The average molecular weight is 292 g/mol. The van der Waals surface area contributed by atoms with Crippen LogP contribution < -0.4 is 0 Å². The minimum atomic E-state index is -0.175. The molecule has 0 amide bonds. The van der Waals surface area contributed by atoms with E-state index in [9.17, 15) is 10.2 Å². The van der Waals surface area contributed by atoms with Crippen molar-refractivity contribution in [1.82, 2.24) is 0 Å². The minimum Gasteiger partial charge on any atom is -0.508 e. The Hall–Kier alpha value is -1.18. The van der Waals surface area contributed by atoms with Gasteiger partial charge in [-0.2, -0.15) is 0 Å². The van der Waals surface area contributed by atoms with Gasteiger partial charge < -0.3 is 10.2 Å². The molecule has 0 radical (unpaired) electrons. The molecule has 0 aliphatic rings. The number of hydrogen-bond donors (Lipinski definition) is 2. The summed E-state index contributed by atoms with van der Waals surface area (Å²) in [4.78, 5) is 0. The van der Waals surface area contributed by atoms with Crippen LogP contribution in [0.1, 0.15) is 84.8 Å². The van der Waals surface area contributed by atoms with Gasteiger partial charge in [-0.05, 0) is 29.4 Å². The molecule has 0 spiro atoms. The third-order valence-corrected chi connectivity index (χ3v) is 4.31. The second-order valence-corrected chi connectivity index (χ2v) is 7.83. The lowest BCUT2D eigenvalue weighted by Crippen LogP contribution is -2.19. The molecule has 0 heterocycles. The zero-order valence-corrected chi connectivity index (χ0v) is 14.6. The minimum absolute atomic E-state index is 0.119. The normalized spacial score (nSPS) is 12.7. The van der Waals surface area contributed by atoms with E-state index in [0.29, 0.717) is 5.75 Å². The van der Waals surface area contributed by atoms with Gasteiger partial charge in [-0.3, -0.25) is 0 Å². The van der Waals surface area contributed by atoms with Gasteiger partial charge in [-0.15, -0.1) is 0 Å². The molecule has 1 rings (SSSR count). The predicted octanol–water partition coefficient (Wildman–Crippen LogP) is 5.64. The van der Waals surface area contributed by atoms with Crippen LogP contribution in [0.25, 0.3) is 0 Å². The van der Waals surface area contributed by atoms with Gasteiger partial charge in [-0.1, -0.05) is 67.2 Å². The first kappa shape index (κ1) is 17.9. The van der Waals surface area contributed by atoms with Crippen LogP contribution in [-0.2, 0) is 10.8 Å². The Morgan fingerprint density at radius 1 is 0.810 bits per heavy atom. The van der Waals surface area contributed by atoms with Crippen molar-refractivity contribution in [2.45, 2.75) is 84.5 Å². The molecule has 2 heteroatoms. The van der Waals surface area contributed by atoms with E-state index in [0.717, 1.165) is 24.0 Å². The SMILES string of the molecule is CCCCCCC(C)(C)c1cc(O)c(C(C)(C)C)cc1O. The molecule has 21 heavy (non-hydrogen) atoms. The molecule has 0 saturated heterocycles. The Morgan fingerprint density at radius 3 is 1.86 bits per heavy atom. The zero-order chi connectivity index (χ0) is 16.3. The molecular formula is C19H32O2. The largest absolute Gasteiger partial charge is 0.508 e. The molecule has 1 aromatic rings. The number of phenolic OH excluding ortho intramolecular Hbond substituents is 2. The molecular weight excluding hydrogens is 260 g/mol. The van der Waals surface area contributed by atoms with Crippen LogP contribution in [0.5, 0.6) is 11.5 Å². The summed E-state index contributed by atoms with van der Waals surface area (Å²) in [7, 11) is 0. The number of phenols is 2. The fraction of sp³-hybridized carbons (Fsp3) is 0.684. The summed E-state index contributed by atoms with van der Waals surface area (Å²) in [5.41, 5.74) is 1.35. The summed E-state index contributed by atoms with van der Waals surface area (Å²) in [6, 6.07) is 3.49. The molecule has 0 aliphatic heterocycles. The lowest BCUT2D eigenvalue weighted by Gasteiger charge is -2.29. The number of benzene rings is 1. The second-order valence-electron chi connectivity index (χ2n) is 7.83. The van der Waals surface area contributed by atoms with Crippen LogP contribution in [0, 0.1) is 0 Å². The highest BCUT2D eigenvalue weighted by Gasteiger charge is 2.27. The van der Waals surface area contributed by atoms with E-state index in [1.54, 1.807) is 12.1 Å². The average Bonchev–Trinajstić information content (AvgIpc) is 2.35. The van der Waals surface area contributed by atoms with Crippen molar-refractivity contribution >= 4 is 0 Å². The van der Waals surface area contributed by atoms with Crippen LogP contribution in [0.15, 0.2) is 12.1 Å². The monoisotopic (exact) mass is 292 g/mol. The first-order valence-corrected chi connectivity index (χ1v) is 8.16. The maximum Gasteiger partial charge on any atom is 0.119 e. The van der Waals surface area contributed by atoms with E-state index in [1.165, 1.54) is 19.3 Å². The van der Waals surface area contributed by atoms with Crippen LogP contribution in [0.2, 0.25) is 0 Å². The van der Waals surface area contributed by atoms with Gasteiger partial charge in [0, 0.05) is 11.1 Å². The first-order valence-electron chi connectivity index (χ1n) is 8.16. The second kappa shape index (κ2) is 6.72. The fourth-order valence-corrected chi connectivity index (χ4v) is 2.85. The third-order valence-electron chi connectivity index (χ3n) is 4.31. The number of unbranched alkanes of at least 4 members (excludes halogenated alkanes) is 3. The molecule has 120 valence electrons. The summed E-state index contributed by atoms with van der Waals surface area (Å²) >= 11 is 0. The molecule has 0 fully saturated rings. The lowest BCUT2D eigenvalue weighted by atomic mass is 9.77. The van der Waals surface area contributed by atoms with E-state index < -0.39 is 0 Å². The first-order chi connectivity index (χ1) is 9.59. The van der Waals surface area contributed by atoms with Gasteiger partial charge in [0.05, 0.1) is 0 Å². The maximum atomic E-state index is 10.4. The summed E-state index contributed by atoms with van der Waals surface area (Å²) < 4.78 is 0. The predicted molar refractivity (Wildman–Crippen MR) is 90.3 cm³/mol. The Balaban J connectivity index is 3.00. The topological polar surface area (TPSA) is 40.5 Å². The van der Waals surface area contributed by atoms with Crippen molar-refractivity contribution in [2.75, 3.05) is 0 Å². The van der Waals surface area contributed by atoms with E-state index in [1.807, 2.05) is 20.8 Å². The van der Waals surface area contributed by atoms with Crippen molar-refractivity contribution in [3.63, 3.8) is 0 Å². The molecule has 2 N–H and O–H groups in total. The van der Waals surface area contributed by atoms with E-state index in [4.69, 9.17) is 0 Å². The molecule has 0 atom stereocenters. The summed E-state index contributed by atoms with van der Waals surface area (Å²) in [6.07, 6.45) is 5.90. The van der Waals surface area contributed by atoms with Crippen LogP contribution in [-0.4, -0.2) is 10.2 Å². The quantitative estimate of drug-likeness (QED) is 0.526. The number of aromatic hydroxyl groups is 2. The highest BCUT2D eigenvalue weighted by Crippen LogP contribution is 2.41. The van der Waals surface area contributed by atoms with Gasteiger partial charge in [-0.25, -0.2) is 0 Å². The zero-order valence-electron chi connectivity index (χ0n) is 14.6. The smallest absolute Gasteiger partial charge is 0.119 e. The summed E-state index contributed by atoms with van der Waals surface area (Å²) in [6.45, 7) is 12.6. The molecule has 0 bridgehead atoms. The summed E-state index contributed by atoms with van der Waals surface area (Å²) in [5, 5.41) is 20.7. The third kappa shape index (κ3) is 4.66. The molecule has 2 nitrogen and oxygen atoms in total. The Morgan fingerprint density at radius 2 is 1.33 bits per heavy atom. The Kier molecular flexibility index (Phi) is 5.72. The van der Waals surface area contributed by atoms with E-state index in [-0.39, 0.29) is 16.6 Å². The van der Waals surface area contributed by atoms with Gasteiger partial charge >= 0.3 is 0 Å². The van der Waals surface area contributed by atoms with Crippen LogP contribution in [0.4, 0.5) is 0 Å². The Bertz CT molecular complexity index is 467. The highest BCUT2D eigenvalue weighted by atomic mass is 16.3. The molecule has 0 aliphatic carbocycles. The molecule has 1 aromatic carbocycles. The Labute approximate surface area is 130 Å². The van der Waals surface area contributed by atoms with Gasteiger partial charge in [0.15, 0.2) is 0 Å². The van der Waals surface area contributed by atoms with Gasteiger partial charge in [0.1, 0.15) is 11.5 Å². The van der Waals surface area contributed by atoms with E-state index >= 15 is 0 Å². The highest BCUT2D eigenvalue weighted by molar-refractivity contribution is 5.50. The van der Waals surface area contributed by atoms with Gasteiger partial charge in [0.2, 0.25) is 0 Å². The fourth-order valence-electron chi connectivity index (χ4n) is 2.85. The van der Waals surface area contributed by atoms with Crippen molar-refractivity contribution in [2.24, 2.45) is 0 Å². The molecule has 0 saturated carbocycles. The van der Waals surface area contributed by atoms with Crippen molar-refractivity contribution < 1.29 is 10.2 Å². The summed E-state index contributed by atoms with van der Waals surface area (Å²) in [5.74, 6) is 0.593. The van der Waals surface area contributed by atoms with Crippen LogP contribution in [0.3, 0.4) is 0 Å². The van der Waals surface area contributed by atoms with Crippen molar-refractivity contribution in [1.29, 1.82) is 0 Å². The number of hydrogen-bond acceptors (Lipinski definition) is 2. The standard InChI is InChI=1S/C19H32O2/c1-7-8-9-10-11-19(5,6)15-13-16(20)14(12-17(15)21)18(2,3)4/h12-13,20-21H,7-11H2,1-6H3. The lowest BCUT2D eigenvalue weighted by molar-refractivity contribution is 0.393. The van der Waals surface area contributed by atoms with E-state index in [2.05, 4.69) is 20.8 Å². The van der Waals surface area contributed by atoms with Crippen LogP contribution >= 0.6 is 0 Å². The maximum absolute atomic E-state index is 10.4. The number of rotatable bonds is 6.